The van der Waals surface area contributed by atoms with Gasteiger partial charge in [-0.2, -0.15) is 0 Å². The zero-order chi connectivity index (χ0) is 15.2. The maximum Gasteiger partial charge on any atom is 0.334 e. The van der Waals surface area contributed by atoms with Crippen molar-refractivity contribution < 1.29 is 14.3 Å². The van der Waals surface area contributed by atoms with Gasteiger partial charge in [0, 0.05) is 22.4 Å². The Hall–Kier alpha value is -2.08. The number of benzene rings is 1. The molecule has 1 heterocycles. The van der Waals surface area contributed by atoms with E-state index in [9.17, 15) is 4.79 Å². The number of pyridine rings is 1. The van der Waals surface area contributed by atoms with Crippen LogP contribution in [-0.2, 0) is 9.53 Å². The second kappa shape index (κ2) is 7.08. The molecule has 0 fully saturated rings. The van der Waals surface area contributed by atoms with E-state index in [1.54, 1.807) is 25.4 Å². The molecule has 0 aliphatic rings. The summed E-state index contributed by atoms with van der Waals surface area (Å²) >= 11 is 3.32. The number of anilines is 1. The van der Waals surface area contributed by atoms with Crippen LogP contribution in [0.5, 0.6) is 5.75 Å². The summed E-state index contributed by atoms with van der Waals surface area (Å²) in [6.07, 6.45) is 1.64. The fourth-order valence-electron chi connectivity index (χ4n) is 1.81. The van der Waals surface area contributed by atoms with Crippen molar-refractivity contribution in [1.29, 1.82) is 0 Å². The molecule has 1 N–H and O–H groups in total. The molecule has 0 aliphatic heterocycles. The smallest absolute Gasteiger partial charge is 0.334 e. The van der Waals surface area contributed by atoms with Crippen LogP contribution in [-0.4, -0.2) is 25.2 Å². The Bertz CT molecular complexity index is 617. The van der Waals surface area contributed by atoms with Gasteiger partial charge in [0.1, 0.15) is 5.75 Å². The topological polar surface area (TPSA) is 60.5 Å². The van der Waals surface area contributed by atoms with E-state index in [-0.39, 0.29) is 0 Å². The molecular weight excluding hydrogens is 336 g/mol. The third kappa shape index (κ3) is 3.95. The Kier molecular flexibility index (Phi) is 5.16. The number of carbonyl (C=O) groups excluding carboxylic acids is 1. The predicted octanol–water partition coefficient (Wildman–Crippen LogP) is 3.18. The Balaban J connectivity index is 2.28. The lowest BCUT2D eigenvalue weighted by atomic mass is 10.1. The number of ether oxygens (including phenoxy) is 2. The van der Waals surface area contributed by atoms with Gasteiger partial charge in [0.15, 0.2) is 6.04 Å². The lowest BCUT2D eigenvalue weighted by Crippen LogP contribution is -2.23. The lowest BCUT2D eigenvalue weighted by molar-refractivity contribution is -0.141. The molecule has 0 aliphatic carbocycles. The van der Waals surface area contributed by atoms with Crippen LogP contribution < -0.4 is 10.1 Å². The summed E-state index contributed by atoms with van der Waals surface area (Å²) in [5, 5.41) is 3.11. The maximum absolute atomic E-state index is 12.0. The molecule has 1 aromatic carbocycles. The maximum atomic E-state index is 12.0. The summed E-state index contributed by atoms with van der Waals surface area (Å²) in [6.45, 7) is 0. The number of carbonyl (C=O) groups is 1. The van der Waals surface area contributed by atoms with Gasteiger partial charge >= 0.3 is 5.97 Å². The molecule has 5 nitrogen and oxygen atoms in total. The minimum absolute atomic E-state index is 0.410. The van der Waals surface area contributed by atoms with E-state index >= 15 is 0 Å². The Morgan fingerprint density at radius 1 is 1.29 bits per heavy atom. The fraction of sp³-hybridized carbons (Fsp3) is 0.200. The molecular formula is C15H15BrN2O3. The molecule has 0 amide bonds. The number of hydrogen-bond donors (Lipinski definition) is 1. The third-order valence-corrected chi connectivity index (χ3v) is 3.33. The van der Waals surface area contributed by atoms with Crippen LogP contribution in [0.3, 0.4) is 0 Å². The summed E-state index contributed by atoms with van der Waals surface area (Å²) < 4.78 is 10.9. The normalized spacial score (nSPS) is 11.6. The van der Waals surface area contributed by atoms with Gasteiger partial charge in [-0.15, -0.1) is 0 Å². The van der Waals surface area contributed by atoms with Crippen LogP contribution in [0, 0.1) is 0 Å². The monoisotopic (exact) mass is 350 g/mol. The molecule has 1 aromatic heterocycles. The van der Waals surface area contributed by atoms with Crippen LogP contribution in [0.2, 0.25) is 0 Å². The number of nitrogens with one attached hydrogen (secondary N) is 1. The standard InChI is InChI=1S/C15H15BrN2O3/c1-20-12-5-3-4-11(8-12)18-14(15(19)21-2)13-7-6-10(16)9-17-13/h3-9,14,18H,1-2H3. The molecule has 0 spiro atoms. The van der Waals surface area contributed by atoms with Crippen molar-refractivity contribution in [1.82, 2.24) is 4.98 Å². The molecule has 110 valence electrons. The minimum Gasteiger partial charge on any atom is -0.497 e. The molecule has 0 saturated heterocycles. The molecule has 2 aromatic rings. The van der Waals surface area contributed by atoms with Gasteiger partial charge in [0.25, 0.3) is 0 Å². The van der Waals surface area contributed by atoms with Crippen LogP contribution in [0.4, 0.5) is 5.69 Å². The second-order valence-corrected chi connectivity index (χ2v) is 5.15. The van der Waals surface area contributed by atoms with Gasteiger partial charge in [-0.3, -0.25) is 4.98 Å². The van der Waals surface area contributed by atoms with Gasteiger partial charge in [-0.1, -0.05) is 6.07 Å². The summed E-state index contributed by atoms with van der Waals surface area (Å²) in [6, 6.07) is 10.2. The van der Waals surface area contributed by atoms with E-state index in [4.69, 9.17) is 9.47 Å². The van der Waals surface area contributed by atoms with Gasteiger partial charge < -0.3 is 14.8 Å². The third-order valence-electron chi connectivity index (χ3n) is 2.86. The SMILES string of the molecule is COC(=O)C(Nc1cccc(OC)c1)c1ccc(Br)cn1. The van der Waals surface area contributed by atoms with Crippen LogP contribution in [0.25, 0.3) is 0 Å². The average molecular weight is 351 g/mol. The number of esters is 1. The number of nitrogens with zero attached hydrogens (tertiary/aromatic N) is 1. The highest BCUT2D eigenvalue weighted by Crippen LogP contribution is 2.23. The van der Waals surface area contributed by atoms with E-state index in [0.717, 1.165) is 10.2 Å². The van der Waals surface area contributed by atoms with E-state index in [1.165, 1.54) is 7.11 Å². The predicted molar refractivity (Wildman–Crippen MR) is 83.3 cm³/mol. The molecule has 0 bridgehead atoms. The van der Waals surface area contributed by atoms with Crippen molar-refractivity contribution in [2.75, 3.05) is 19.5 Å². The Morgan fingerprint density at radius 3 is 2.71 bits per heavy atom. The van der Waals surface area contributed by atoms with Gasteiger partial charge in [0.2, 0.25) is 0 Å². The number of halogens is 1. The average Bonchev–Trinajstić information content (AvgIpc) is 2.53. The van der Waals surface area contributed by atoms with E-state index in [0.29, 0.717) is 11.4 Å². The van der Waals surface area contributed by atoms with Gasteiger partial charge in [0.05, 0.1) is 19.9 Å². The number of methoxy groups -OCH3 is 2. The molecule has 6 heteroatoms. The van der Waals surface area contributed by atoms with E-state index in [2.05, 4.69) is 26.2 Å². The zero-order valence-electron chi connectivity index (χ0n) is 11.7. The number of hydrogen-bond acceptors (Lipinski definition) is 5. The van der Waals surface area contributed by atoms with Crippen LogP contribution in [0.15, 0.2) is 47.1 Å². The summed E-state index contributed by atoms with van der Waals surface area (Å²) in [5.74, 6) is 0.292. The van der Waals surface area contributed by atoms with E-state index in [1.807, 2.05) is 24.3 Å². The van der Waals surface area contributed by atoms with Gasteiger partial charge in [-0.25, -0.2) is 4.79 Å². The quantitative estimate of drug-likeness (QED) is 0.839. The van der Waals surface area contributed by atoms with Crippen molar-refractivity contribution in [2.45, 2.75) is 6.04 Å². The highest BCUT2D eigenvalue weighted by Gasteiger charge is 2.22. The second-order valence-electron chi connectivity index (χ2n) is 4.23. The first kappa shape index (κ1) is 15.3. The molecule has 0 radical (unpaired) electrons. The van der Waals surface area contributed by atoms with Crippen molar-refractivity contribution in [3.05, 3.63) is 52.8 Å². The highest BCUT2D eigenvalue weighted by atomic mass is 79.9. The minimum atomic E-state index is -0.685. The molecule has 1 atom stereocenters. The molecule has 2 rings (SSSR count). The van der Waals surface area contributed by atoms with Crippen LogP contribution in [0.1, 0.15) is 11.7 Å². The zero-order valence-corrected chi connectivity index (χ0v) is 13.3. The molecule has 21 heavy (non-hydrogen) atoms. The van der Waals surface area contributed by atoms with Crippen LogP contribution >= 0.6 is 15.9 Å². The fourth-order valence-corrected chi connectivity index (χ4v) is 2.04. The molecule has 0 saturated carbocycles. The largest absolute Gasteiger partial charge is 0.497 e. The summed E-state index contributed by atoms with van der Waals surface area (Å²) in [4.78, 5) is 16.2. The van der Waals surface area contributed by atoms with E-state index < -0.39 is 12.0 Å². The lowest BCUT2D eigenvalue weighted by Gasteiger charge is -2.17. The summed E-state index contributed by atoms with van der Waals surface area (Å²) in [7, 11) is 2.94. The van der Waals surface area contributed by atoms with Crippen molar-refractivity contribution >= 4 is 27.6 Å². The number of aromatic nitrogens is 1. The first-order valence-corrected chi connectivity index (χ1v) is 7.03. The van der Waals surface area contributed by atoms with Crippen molar-refractivity contribution in [3.63, 3.8) is 0 Å². The molecule has 1 unspecified atom stereocenters. The Morgan fingerprint density at radius 2 is 2.10 bits per heavy atom. The van der Waals surface area contributed by atoms with Gasteiger partial charge in [-0.05, 0) is 40.2 Å². The first-order chi connectivity index (χ1) is 10.1. The highest BCUT2D eigenvalue weighted by molar-refractivity contribution is 9.10. The number of rotatable bonds is 5. The van der Waals surface area contributed by atoms with Crippen molar-refractivity contribution in [2.24, 2.45) is 0 Å². The first-order valence-electron chi connectivity index (χ1n) is 6.24. The summed E-state index contributed by atoms with van der Waals surface area (Å²) in [5.41, 5.74) is 1.32. The van der Waals surface area contributed by atoms with Crippen molar-refractivity contribution in [3.8, 4) is 5.75 Å². The Labute approximate surface area is 131 Å².